The minimum Gasteiger partial charge on any atom is -0.339 e. The number of hydrogen-bond acceptors (Lipinski definition) is 2. The summed E-state index contributed by atoms with van der Waals surface area (Å²) in [5.41, 5.74) is 1.39. The van der Waals surface area contributed by atoms with Crippen molar-refractivity contribution in [3.8, 4) is 0 Å². The molecule has 0 spiro atoms. The quantitative estimate of drug-likeness (QED) is 0.921. The fourth-order valence-corrected chi connectivity index (χ4v) is 4.51. The molecule has 2 saturated heterocycles. The van der Waals surface area contributed by atoms with Gasteiger partial charge in [0, 0.05) is 30.5 Å². The first-order valence-electron chi connectivity index (χ1n) is 9.29. The Morgan fingerprint density at radius 3 is 2.78 bits per heavy atom. The maximum atomic E-state index is 13.1. The van der Waals surface area contributed by atoms with Crippen LogP contribution in [0.15, 0.2) is 30.3 Å². The maximum absolute atomic E-state index is 13.1. The molecule has 1 aromatic rings. The van der Waals surface area contributed by atoms with Gasteiger partial charge in [-0.1, -0.05) is 37.3 Å². The summed E-state index contributed by atoms with van der Waals surface area (Å²) >= 11 is 0. The van der Waals surface area contributed by atoms with Crippen molar-refractivity contribution >= 4 is 5.91 Å². The highest BCUT2D eigenvalue weighted by Crippen LogP contribution is 2.35. The van der Waals surface area contributed by atoms with Crippen LogP contribution in [-0.4, -0.2) is 36.0 Å². The predicted octanol–water partition coefficient (Wildman–Crippen LogP) is 3.56. The molecule has 1 aromatic carbocycles. The lowest BCUT2D eigenvalue weighted by molar-refractivity contribution is -0.138. The van der Waals surface area contributed by atoms with Crippen LogP contribution in [0.5, 0.6) is 0 Å². The molecule has 3 rings (SSSR count). The molecule has 3 nitrogen and oxygen atoms in total. The number of hydrogen-bond donors (Lipinski definition) is 1. The lowest BCUT2D eigenvalue weighted by atomic mass is 9.86. The number of benzene rings is 1. The van der Waals surface area contributed by atoms with Gasteiger partial charge in [-0.3, -0.25) is 4.79 Å². The molecule has 2 fully saturated rings. The van der Waals surface area contributed by atoms with E-state index in [-0.39, 0.29) is 5.92 Å². The third kappa shape index (κ3) is 3.60. The van der Waals surface area contributed by atoms with Gasteiger partial charge < -0.3 is 10.2 Å². The fraction of sp³-hybridized carbons (Fsp3) is 0.650. The summed E-state index contributed by atoms with van der Waals surface area (Å²) in [7, 11) is 0. The van der Waals surface area contributed by atoms with Crippen molar-refractivity contribution in [3.05, 3.63) is 35.9 Å². The lowest BCUT2D eigenvalue weighted by Gasteiger charge is -2.36. The van der Waals surface area contributed by atoms with Crippen molar-refractivity contribution in [3.63, 3.8) is 0 Å². The maximum Gasteiger partial charge on any atom is 0.226 e. The van der Waals surface area contributed by atoms with E-state index in [0.29, 0.717) is 23.9 Å². The summed E-state index contributed by atoms with van der Waals surface area (Å²) in [6.45, 7) is 6.38. The van der Waals surface area contributed by atoms with E-state index in [2.05, 4.69) is 54.4 Å². The van der Waals surface area contributed by atoms with Crippen LogP contribution in [-0.2, 0) is 4.79 Å². The number of nitrogens with zero attached hydrogens (tertiary/aromatic N) is 1. The standard InChI is InChI=1S/C20H30N2O/c1-3-18(16-8-5-4-6-9-16)19-10-7-13-22(19)20(23)17-11-12-21-15(2)14-17/h4-6,8-9,15,17-19,21H,3,7,10-14H2,1-2H3/t15-,17-,18?,19?/m0/s1. The Bertz CT molecular complexity index is 516. The minimum absolute atomic E-state index is 0.222. The van der Waals surface area contributed by atoms with Crippen LogP contribution < -0.4 is 5.32 Å². The van der Waals surface area contributed by atoms with Crippen molar-refractivity contribution in [1.29, 1.82) is 0 Å². The Morgan fingerprint density at radius 1 is 1.30 bits per heavy atom. The molecule has 126 valence electrons. The summed E-state index contributed by atoms with van der Waals surface area (Å²) in [5, 5.41) is 3.46. The molecule has 2 aliphatic rings. The van der Waals surface area contributed by atoms with E-state index < -0.39 is 0 Å². The average Bonchev–Trinajstić information content (AvgIpc) is 3.05. The second-order valence-electron chi connectivity index (χ2n) is 7.24. The number of likely N-dealkylation sites (tertiary alicyclic amines) is 1. The van der Waals surface area contributed by atoms with Crippen molar-refractivity contribution in [2.45, 2.75) is 64.0 Å². The number of carbonyl (C=O) groups is 1. The zero-order chi connectivity index (χ0) is 16.2. The second-order valence-corrected chi connectivity index (χ2v) is 7.24. The summed E-state index contributed by atoms with van der Waals surface area (Å²) in [6.07, 6.45) is 5.39. The Kier molecular flexibility index (Phi) is 5.37. The first-order valence-corrected chi connectivity index (χ1v) is 9.29. The lowest BCUT2D eigenvalue weighted by Crippen LogP contribution is -2.47. The van der Waals surface area contributed by atoms with Gasteiger partial charge in [0.2, 0.25) is 5.91 Å². The summed E-state index contributed by atoms with van der Waals surface area (Å²) in [6, 6.07) is 11.6. The molecule has 1 amide bonds. The summed E-state index contributed by atoms with van der Waals surface area (Å²) in [4.78, 5) is 15.3. The van der Waals surface area contributed by atoms with Gasteiger partial charge in [-0.2, -0.15) is 0 Å². The molecule has 1 N–H and O–H groups in total. The monoisotopic (exact) mass is 314 g/mol. The topological polar surface area (TPSA) is 32.3 Å². The Hall–Kier alpha value is -1.35. The molecule has 2 aliphatic heterocycles. The first kappa shape index (κ1) is 16.5. The number of nitrogens with one attached hydrogen (secondary N) is 1. The molecule has 0 aromatic heterocycles. The van der Waals surface area contributed by atoms with Gasteiger partial charge in [-0.05, 0) is 51.1 Å². The van der Waals surface area contributed by atoms with E-state index >= 15 is 0 Å². The molecule has 0 aliphatic carbocycles. The highest BCUT2D eigenvalue weighted by Gasteiger charge is 2.38. The summed E-state index contributed by atoms with van der Waals surface area (Å²) in [5.74, 6) is 1.11. The van der Waals surface area contributed by atoms with E-state index in [1.807, 2.05) is 0 Å². The molecule has 2 heterocycles. The number of carbonyl (C=O) groups excluding carboxylic acids is 1. The van der Waals surface area contributed by atoms with E-state index in [4.69, 9.17) is 0 Å². The Morgan fingerprint density at radius 2 is 2.09 bits per heavy atom. The fourth-order valence-electron chi connectivity index (χ4n) is 4.51. The number of rotatable bonds is 4. The van der Waals surface area contributed by atoms with E-state index in [9.17, 15) is 4.79 Å². The highest BCUT2D eigenvalue weighted by molar-refractivity contribution is 5.79. The predicted molar refractivity (Wildman–Crippen MR) is 94.4 cm³/mol. The van der Waals surface area contributed by atoms with Gasteiger partial charge in [0.15, 0.2) is 0 Å². The number of piperidine rings is 1. The number of amides is 1. The highest BCUT2D eigenvalue weighted by atomic mass is 16.2. The van der Waals surface area contributed by atoms with Gasteiger partial charge >= 0.3 is 0 Å². The SMILES string of the molecule is CCC(c1ccccc1)C1CCCN1C(=O)[C@H]1CCN[C@@H](C)C1. The smallest absolute Gasteiger partial charge is 0.226 e. The first-order chi connectivity index (χ1) is 11.2. The normalized spacial score (nSPS) is 29.5. The Labute approximate surface area is 140 Å². The molecule has 0 saturated carbocycles. The Balaban J connectivity index is 1.75. The van der Waals surface area contributed by atoms with Crippen LogP contribution in [0.1, 0.15) is 57.4 Å². The van der Waals surface area contributed by atoms with E-state index in [1.165, 1.54) is 5.56 Å². The van der Waals surface area contributed by atoms with Gasteiger partial charge in [0.25, 0.3) is 0 Å². The molecule has 23 heavy (non-hydrogen) atoms. The molecule has 4 atom stereocenters. The van der Waals surface area contributed by atoms with Gasteiger partial charge in [0.05, 0.1) is 0 Å². The molecular weight excluding hydrogens is 284 g/mol. The third-order valence-electron chi connectivity index (χ3n) is 5.69. The van der Waals surface area contributed by atoms with Crippen molar-refractivity contribution in [1.82, 2.24) is 10.2 Å². The van der Waals surface area contributed by atoms with Crippen LogP contribution >= 0.6 is 0 Å². The van der Waals surface area contributed by atoms with E-state index in [1.54, 1.807) is 0 Å². The summed E-state index contributed by atoms with van der Waals surface area (Å²) < 4.78 is 0. The van der Waals surface area contributed by atoms with Crippen molar-refractivity contribution in [2.24, 2.45) is 5.92 Å². The van der Waals surface area contributed by atoms with Crippen LogP contribution in [0.25, 0.3) is 0 Å². The van der Waals surface area contributed by atoms with Crippen LogP contribution in [0, 0.1) is 5.92 Å². The van der Waals surface area contributed by atoms with Gasteiger partial charge in [-0.15, -0.1) is 0 Å². The van der Waals surface area contributed by atoms with Gasteiger partial charge in [-0.25, -0.2) is 0 Å². The van der Waals surface area contributed by atoms with Gasteiger partial charge in [0.1, 0.15) is 0 Å². The molecule has 3 heteroatoms. The van der Waals surface area contributed by atoms with Crippen molar-refractivity contribution < 1.29 is 4.79 Å². The van der Waals surface area contributed by atoms with Crippen LogP contribution in [0.2, 0.25) is 0 Å². The zero-order valence-corrected chi connectivity index (χ0v) is 14.5. The zero-order valence-electron chi connectivity index (χ0n) is 14.5. The van der Waals surface area contributed by atoms with Crippen molar-refractivity contribution in [2.75, 3.05) is 13.1 Å². The van der Waals surface area contributed by atoms with Crippen LogP contribution in [0.4, 0.5) is 0 Å². The van der Waals surface area contributed by atoms with Crippen LogP contribution in [0.3, 0.4) is 0 Å². The van der Waals surface area contributed by atoms with E-state index in [0.717, 1.165) is 45.2 Å². The molecule has 2 unspecified atom stereocenters. The molecule has 0 radical (unpaired) electrons. The third-order valence-corrected chi connectivity index (χ3v) is 5.69. The largest absolute Gasteiger partial charge is 0.339 e. The molecule has 0 bridgehead atoms. The molecular formula is C20H30N2O. The second kappa shape index (κ2) is 7.48. The average molecular weight is 314 g/mol. The minimum atomic E-state index is 0.222.